The molecule has 2 aliphatic rings. The van der Waals surface area contributed by atoms with Crippen molar-refractivity contribution in [2.75, 3.05) is 19.6 Å². The number of nitrogens with one attached hydrogen (secondary N) is 1. The van der Waals surface area contributed by atoms with Crippen LogP contribution in [-0.4, -0.2) is 36.5 Å². The quantitative estimate of drug-likeness (QED) is 0.924. The number of likely N-dealkylation sites (tertiary alicyclic amines) is 1. The average Bonchev–Trinajstić information content (AvgIpc) is 3.02. The molecule has 1 aromatic carbocycles. The van der Waals surface area contributed by atoms with Gasteiger partial charge in [-0.2, -0.15) is 0 Å². The zero-order valence-corrected chi connectivity index (χ0v) is 14.0. The number of benzene rings is 1. The van der Waals surface area contributed by atoms with Crippen molar-refractivity contribution in [1.82, 2.24) is 10.2 Å². The summed E-state index contributed by atoms with van der Waals surface area (Å²) in [6, 6.07) is 11.1. The summed E-state index contributed by atoms with van der Waals surface area (Å²) in [6.07, 6.45) is 6.59. The van der Waals surface area contributed by atoms with Gasteiger partial charge in [-0.3, -0.25) is 4.79 Å². The minimum Gasteiger partial charge on any atom is -0.339 e. The first-order valence-electron chi connectivity index (χ1n) is 8.40. The van der Waals surface area contributed by atoms with E-state index in [0.29, 0.717) is 11.9 Å². The number of hydrogen-bond donors (Lipinski definition) is 1. The molecule has 1 amide bonds. The molecule has 2 heterocycles. The molecule has 3 rings (SSSR count). The molecule has 2 saturated heterocycles. The van der Waals surface area contributed by atoms with Crippen LogP contribution >= 0.6 is 12.4 Å². The van der Waals surface area contributed by atoms with Crippen LogP contribution in [0.25, 0.3) is 0 Å². The van der Waals surface area contributed by atoms with E-state index < -0.39 is 0 Å². The first-order valence-corrected chi connectivity index (χ1v) is 8.40. The smallest absolute Gasteiger partial charge is 0.226 e. The van der Waals surface area contributed by atoms with Crippen molar-refractivity contribution < 1.29 is 4.79 Å². The van der Waals surface area contributed by atoms with Crippen LogP contribution in [0.2, 0.25) is 0 Å². The molecule has 0 spiro atoms. The number of aryl methyl sites for hydroxylation is 1. The van der Waals surface area contributed by atoms with Crippen LogP contribution in [0.15, 0.2) is 30.3 Å². The van der Waals surface area contributed by atoms with Gasteiger partial charge in [0.25, 0.3) is 0 Å². The van der Waals surface area contributed by atoms with Crippen molar-refractivity contribution in [2.45, 2.75) is 44.6 Å². The fourth-order valence-corrected chi connectivity index (χ4v) is 3.71. The Morgan fingerprint density at radius 2 is 1.86 bits per heavy atom. The van der Waals surface area contributed by atoms with Crippen LogP contribution in [-0.2, 0) is 11.2 Å². The molecular formula is C18H27ClN2O. The van der Waals surface area contributed by atoms with E-state index in [-0.39, 0.29) is 18.3 Å². The molecule has 1 unspecified atom stereocenters. The molecule has 2 fully saturated rings. The lowest BCUT2D eigenvalue weighted by molar-refractivity contribution is -0.137. The third-order valence-corrected chi connectivity index (χ3v) is 4.96. The van der Waals surface area contributed by atoms with Gasteiger partial charge in [0.2, 0.25) is 5.91 Å². The van der Waals surface area contributed by atoms with Crippen molar-refractivity contribution in [3.8, 4) is 0 Å². The lowest BCUT2D eigenvalue weighted by Gasteiger charge is -2.31. The molecule has 2 aliphatic heterocycles. The predicted octanol–water partition coefficient (Wildman–Crippen LogP) is 3.03. The Labute approximate surface area is 139 Å². The van der Waals surface area contributed by atoms with Gasteiger partial charge in [-0.05, 0) is 57.2 Å². The van der Waals surface area contributed by atoms with Crippen LogP contribution in [0.4, 0.5) is 0 Å². The van der Waals surface area contributed by atoms with Gasteiger partial charge in [0.05, 0.1) is 0 Å². The third-order valence-electron chi connectivity index (χ3n) is 4.96. The Balaban J connectivity index is 0.00000176. The highest BCUT2D eigenvalue weighted by Gasteiger charge is 2.33. The van der Waals surface area contributed by atoms with Gasteiger partial charge in [-0.15, -0.1) is 12.4 Å². The van der Waals surface area contributed by atoms with Crippen molar-refractivity contribution in [3.63, 3.8) is 0 Å². The SMILES string of the molecule is Cl.O=C(C1CCNCC1)N1CCCC1CCc1ccccc1. The number of carbonyl (C=O) groups is 1. The Bertz CT molecular complexity index is 459. The van der Waals surface area contributed by atoms with Gasteiger partial charge in [-0.1, -0.05) is 30.3 Å². The molecule has 122 valence electrons. The van der Waals surface area contributed by atoms with Gasteiger partial charge in [-0.25, -0.2) is 0 Å². The molecule has 1 aromatic rings. The largest absolute Gasteiger partial charge is 0.339 e. The van der Waals surface area contributed by atoms with Gasteiger partial charge < -0.3 is 10.2 Å². The highest BCUT2D eigenvalue weighted by molar-refractivity contribution is 5.85. The van der Waals surface area contributed by atoms with E-state index in [1.165, 1.54) is 18.4 Å². The molecule has 0 saturated carbocycles. The van der Waals surface area contributed by atoms with E-state index in [2.05, 4.69) is 40.5 Å². The maximum absolute atomic E-state index is 12.7. The van der Waals surface area contributed by atoms with E-state index in [1.807, 2.05) is 0 Å². The minimum atomic E-state index is 0. The number of hydrogen-bond acceptors (Lipinski definition) is 2. The molecule has 0 bridgehead atoms. The standard InChI is InChI=1S/C18H26N2O.ClH/c21-18(16-10-12-19-13-11-16)20-14-4-7-17(20)9-8-15-5-2-1-3-6-15;/h1-3,5-6,16-17,19H,4,7-14H2;1H. The minimum absolute atomic E-state index is 0. The molecule has 22 heavy (non-hydrogen) atoms. The molecule has 1 atom stereocenters. The number of amides is 1. The maximum Gasteiger partial charge on any atom is 0.226 e. The van der Waals surface area contributed by atoms with Crippen molar-refractivity contribution in [3.05, 3.63) is 35.9 Å². The summed E-state index contributed by atoms with van der Waals surface area (Å²) in [5, 5.41) is 3.35. The summed E-state index contributed by atoms with van der Waals surface area (Å²) in [5.74, 6) is 0.690. The van der Waals surface area contributed by atoms with Crippen LogP contribution in [0, 0.1) is 5.92 Å². The summed E-state index contributed by atoms with van der Waals surface area (Å²) in [7, 11) is 0. The summed E-state index contributed by atoms with van der Waals surface area (Å²) >= 11 is 0. The van der Waals surface area contributed by atoms with E-state index >= 15 is 0 Å². The van der Waals surface area contributed by atoms with E-state index in [1.54, 1.807) is 0 Å². The zero-order chi connectivity index (χ0) is 14.5. The Kier molecular flexibility index (Phi) is 6.71. The molecule has 4 heteroatoms. The normalized spacial score (nSPS) is 22.4. The van der Waals surface area contributed by atoms with Crippen LogP contribution in [0.1, 0.15) is 37.7 Å². The zero-order valence-electron chi connectivity index (χ0n) is 13.2. The van der Waals surface area contributed by atoms with Crippen LogP contribution < -0.4 is 5.32 Å². The van der Waals surface area contributed by atoms with Crippen LogP contribution in [0.3, 0.4) is 0 Å². The summed E-state index contributed by atoms with van der Waals surface area (Å²) in [4.78, 5) is 14.9. The topological polar surface area (TPSA) is 32.3 Å². The maximum atomic E-state index is 12.7. The Morgan fingerprint density at radius 1 is 1.14 bits per heavy atom. The predicted molar refractivity (Wildman–Crippen MR) is 92.3 cm³/mol. The van der Waals surface area contributed by atoms with Crippen molar-refractivity contribution in [2.24, 2.45) is 5.92 Å². The van der Waals surface area contributed by atoms with Crippen molar-refractivity contribution >= 4 is 18.3 Å². The second kappa shape index (κ2) is 8.54. The van der Waals surface area contributed by atoms with E-state index in [0.717, 1.165) is 45.3 Å². The third kappa shape index (κ3) is 4.23. The highest BCUT2D eigenvalue weighted by atomic mass is 35.5. The number of piperidine rings is 1. The second-order valence-corrected chi connectivity index (χ2v) is 6.38. The summed E-state index contributed by atoms with van der Waals surface area (Å²) in [5.41, 5.74) is 1.39. The fraction of sp³-hybridized carbons (Fsp3) is 0.611. The average molecular weight is 323 g/mol. The molecule has 1 N–H and O–H groups in total. The molecule has 0 aliphatic carbocycles. The van der Waals surface area contributed by atoms with Gasteiger partial charge in [0, 0.05) is 18.5 Å². The highest BCUT2D eigenvalue weighted by Crippen LogP contribution is 2.26. The number of nitrogens with zero attached hydrogens (tertiary/aromatic N) is 1. The van der Waals surface area contributed by atoms with Gasteiger partial charge >= 0.3 is 0 Å². The molecule has 3 nitrogen and oxygen atoms in total. The number of rotatable bonds is 4. The summed E-state index contributed by atoms with van der Waals surface area (Å²) in [6.45, 7) is 2.97. The van der Waals surface area contributed by atoms with Crippen LogP contribution in [0.5, 0.6) is 0 Å². The first-order chi connectivity index (χ1) is 10.3. The Hall–Kier alpha value is -1.06. The van der Waals surface area contributed by atoms with Gasteiger partial charge in [0.1, 0.15) is 0 Å². The van der Waals surface area contributed by atoms with E-state index in [4.69, 9.17) is 0 Å². The number of halogens is 1. The fourth-order valence-electron chi connectivity index (χ4n) is 3.71. The Morgan fingerprint density at radius 3 is 2.59 bits per heavy atom. The lowest BCUT2D eigenvalue weighted by Crippen LogP contribution is -2.43. The molecule has 0 radical (unpaired) electrons. The van der Waals surface area contributed by atoms with E-state index in [9.17, 15) is 4.79 Å². The van der Waals surface area contributed by atoms with Gasteiger partial charge in [0.15, 0.2) is 0 Å². The summed E-state index contributed by atoms with van der Waals surface area (Å²) < 4.78 is 0. The van der Waals surface area contributed by atoms with Crippen molar-refractivity contribution in [1.29, 1.82) is 0 Å². The monoisotopic (exact) mass is 322 g/mol. The lowest BCUT2D eigenvalue weighted by atomic mass is 9.95. The second-order valence-electron chi connectivity index (χ2n) is 6.38. The molecule has 0 aromatic heterocycles. The first kappa shape index (κ1) is 17.3. The number of carbonyl (C=O) groups excluding carboxylic acids is 1. The molecular weight excluding hydrogens is 296 g/mol.